The molecule has 1 fully saturated rings. The van der Waals surface area contributed by atoms with Gasteiger partial charge in [-0.25, -0.2) is 4.39 Å². The molecule has 2 atom stereocenters. The Morgan fingerprint density at radius 2 is 2.04 bits per heavy atom. The van der Waals surface area contributed by atoms with Crippen LogP contribution in [0.1, 0.15) is 34.3 Å². The molecule has 0 spiro atoms. The van der Waals surface area contributed by atoms with E-state index in [1.165, 1.54) is 17.0 Å². The molecule has 1 aliphatic rings. The van der Waals surface area contributed by atoms with Crippen LogP contribution in [-0.4, -0.2) is 30.5 Å². The monoisotopic (exact) mass is 347 g/mol. The largest absolute Gasteiger partial charge is 0.373 e. The highest BCUT2D eigenvalue weighted by molar-refractivity contribution is 7.12. The molecular formula is C19H22FNO2S. The van der Waals surface area contributed by atoms with Crippen LogP contribution in [0, 0.1) is 12.7 Å². The van der Waals surface area contributed by atoms with Gasteiger partial charge < -0.3 is 9.64 Å². The van der Waals surface area contributed by atoms with Crippen LogP contribution in [0.2, 0.25) is 0 Å². The average molecular weight is 347 g/mol. The first-order chi connectivity index (χ1) is 11.5. The van der Waals surface area contributed by atoms with Gasteiger partial charge in [-0.15, -0.1) is 11.3 Å². The maximum Gasteiger partial charge on any atom is 0.227 e. The van der Waals surface area contributed by atoms with Crippen LogP contribution in [0.5, 0.6) is 0 Å². The summed E-state index contributed by atoms with van der Waals surface area (Å²) in [5.74, 6) is -0.105. The SMILES string of the molecule is Cc1ccc(CC(=O)N(C)[C@H]2CCO[C@H](c3ccc(F)cc3)C2)s1. The minimum atomic E-state index is -0.246. The fraction of sp³-hybridized carbons (Fsp3) is 0.421. The van der Waals surface area contributed by atoms with Crippen LogP contribution in [0.3, 0.4) is 0 Å². The number of benzene rings is 1. The van der Waals surface area contributed by atoms with E-state index in [1.54, 1.807) is 23.5 Å². The molecule has 0 N–H and O–H groups in total. The van der Waals surface area contributed by atoms with Gasteiger partial charge in [0.1, 0.15) is 5.82 Å². The number of carbonyl (C=O) groups excluding carboxylic acids is 1. The second-order valence-electron chi connectivity index (χ2n) is 6.28. The van der Waals surface area contributed by atoms with E-state index >= 15 is 0 Å². The lowest BCUT2D eigenvalue weighted by molar-refractivity contribution is -0.134. The maximum absolute atomic E-state index is 13.1. The first-order valence-electron chi connectivity index (χ1n) is 8.21. The van der Waals surface area contributed by atoms with Gasteiger partial charge in [0.25, 0.3) is 0 Å². The molecule has 2 aromatic rings. The summed E-state index contributed by atoms with van der Waals surface area (Å²) in [5, 5.41) is 0. The maximum atomic E-state index is 13.1. The van der Waals surface area contributed by atoms with E-state index < -0.39 is 0 Å². The van der Waals surface area contributed by atoms with E-state index in [1.807, 2.05) is 31.0 Å². The predicted octanol–water partition coefficient (Wildman–Crippen LogP) is 4.12. The molecule has 1 aromatic carbocycles. The summed E-state index contributed by atoms with van der Waals surface area (Å²) >= 11 is 1.67. The van der Waals surface area contributed by atoms with Gasteiger partial charge in [0.05, 0.1) is 12.5 Å². The highest BCUT2D eigenvalue weighted by Gasteiger charge is 2.29. The molecule has 0 aliphatic carbocycles. The van der Waals surface area contributed by atoms with E-state index in [9.17, 15) is 9.18 Å². The number of hydrogen-bond acceptors (Lipinski definition) is 3. The number of halogens is 1. The number of carbonyl (C=O) groups is 1. The molecule has 0 radical (unpaired) electrons. The van der Waals surface area contributed by atoms with Crippen LogP contribution in [0.15, 0.2) is 36.4 Å². The van der Waals surface area contributed by atoms with E-state index in [4.69, 9.17) is 4.74 Å². The summed E-state index contributed by atoms with van der Waals surface area (Å²) in [4.78, 5) is 16.7. The van der Waals surface area contributed by atoms with Crippen molar-refractivity contribution in [2.75, 3.05) is 13.7 Å². The summed E-state index contributed by atoms with van der Waals surface area (Å²) in [6, 6.07) is 10.7. The minimum Gasteiger partial charge on any atom is -0.373 e. The number of nitrogens with zero attached hydrogens (tertiary/aromatic N) is 1. The number of hydrogen-bond donors (Lipinski definition) is 0. The number of likely N-dealkylation sites (N-methyl/N-ethyl adjacent to an activating group) is 1. The fourth-order valence-corrected chi connectivity index (χ4v) is 3.98. The highest BCUT2D eigenvalue weighted by Crippen LogP contribution is 2.30. The van der Waals surface area contributed by atoms with E-state index in [-0.39, 0.29) is 23.9 Å². The standard InChI is InChI=1S/C19H22FNO2S/c1-13-3-8-17(24-13)12-19(22)21(2)16-9-10-23-18(11-16)14-4-6-15(20)7-5-14/h3-8,16,18H,9-12H2,1-2H3/t16-,18-/m0/s1. The Bertz CT molecular complexity index is 698. The Hall–Kier alpha value is -1.72. The van der Waals surface area contributed by atoms with Gasteiger partial charge in [0, 0.05) is 29.5 Å². The van der Waals surface area contributed by atoms with Gasteiger partial charge in [-0.3, -0.25) is 4.79 Å². The second kappa shape index (κ2) is 7.45. The lowest BCUT2D eigenvalue weighted by Crippen LogP contribution is -2.42. The van der Waals surface area contributed by atoms with Crippen LogP contribution in [0.4, 0.5) is 4.39 Å². The normalized spacial score (nSPS) is 20.8. The smallest absolute Gasteiger partial charge is 0.227 e. The van der Waals surface area contributed by atoms with Crippen molar-refractivity contribution < 1.29 is 13.9 Å². The van der Waals surface area contributed by atoms with Crippen molar-refractivity contribution in [3.05, 3.63) is 57.5 Å². The zero-order valence-corrected chi connectivity index (χ0v) is 14.8. The van der Waals surface area contributed by atoms with Crippen molar-refractivity contribution >= 4 is 17.2 Å². The highest BCUT2D eigenvalue weighted by atomic mass is 32.1. The molecule has 1 saturated heterocycles. The topological polar surface area (TPSA) is 29.5 Å². The Kier molecular flexibility index (Phi) is 5.31. The van der Waals surface area contributed by atoms with Crippen molar-refractivity contribution in [2.24, 2.45) is 0 Å². The minimum absolute atomic E-state index is 0.0800. The van der Waals surface area contributed by atoms with E-state index in [0.717, 1.165) is 23.3 Å². The Morgan fingerprint density at radius 1 is 1.29 bits per heavy atom. The van der Waals surface area contributed by atoms with Crippen molar-refractivity contribution in [3.8, 4) is 0 Å². The lowest BCUT2D eigenvalue weighted by Gasteiger charge is -2.35. The average Bonchev–Trinajstić information content (AvgIpc) is 3.00. The number of aryl methyl sites for hydroxylation is 1. The molecule has 128 valence electrons. The number of rotatable bonds is 4. The van der Waals surface area contributed by atoms with Crippen molar-refractivity contribution in [1.29, 1.82) is 0 Å². The molecule has 3 rings (SSSR count). The van der Waals surface area contributed by atoms with E-state index in [0.29, 0.717) is 13.0 Å². The van der Waals surface area contributed by atoms with Crippen LogP contribution in [-0.2, 0) is 16.0 Å². The summed E-state index contributed by atoms with van der Waals surface area (Å²) in [7, 11) is 1.88. The van der Waals surface area contributed by atoms with Crippen molar-refractivity contribution in [3.63, 3.8) is 0 Å². The zero-order chi connectivity index (χ0) is 17.1. The molecule has 1 aromatic heterocycles. The summed E-state index contributed by atoms with van der Waals surface area (Å²) in [5.41, 5.74) is 0.968. The molecule has 3 nitrogen and oxygen atoms in total. The molecule has 0 unspecified atom stereocenters. The lowest BCUT2D eigenvalue weighted by atomic mass is 9.96. The number of ether oxygens (including phenoxy) is 1. The quantitative estimate of drug-likeness (QED) is 0.833. The first-order valence-corrected chi connectivity index (χ1v) is 9.02. The van der Waals surface area contributed by atoms with Gasteiger partial charge in [-0.1, -0.05) is 12.1 Å². The summed E-state index contributed by atoms with van der Waals surface area (Å²) in [6.45, 7) is 2.66. The van der Waals surface area contributed by atoms with Gasteiger partial charge in [0.15, 0.2) is 0 Å². The Labute approximate surface area is 146 Å². The van der Waals surface area contributed by atoms with Crippen LogP contribution < -0.4 is 0 Å². The summed E-state index contributed by atoms with van der Waals surface area (Å²) in [6.07, 6.45) is 1.96. The van der Waals surface area contributed by atoms with Crippen molar-refractivity contribution in [2.45, 2.75) is 38.3 Å². The van der Waals surface area contributed by atoms with Gasteiger partial charge in [0.2, 0.25) is 5.91 Å². The molecule has 1 aliphatic heterocycles. The molecule has 24 heavy (non-hydrogen) atoms. The third-order valence-electron chi connectivity index (χ3n) is 4.56. The van der Waals surface area contributed by atoms with Gasteiger partial charge in [-0.2, -0.15) is 0 Å². The van der Waals surface area contributed by atoms with Crippen LogP contribution >= 0.6 is 11.3 Å². The number of thiophene rings is 1. The summed E-state index contributed by atoms with van der Waals surface area (Å²) < 4.78 is 18.9. The van der Waals surface area contributed by atoms with Gasteiger partial charge >= 0.3 is 0 Å². The second-order valence-corrected chi connectivity index (χ2v) is 7.66. The molecule has 5 heteroatoms. The fourth-order valence-electron chi connectivity index (χ4n) is 3.10. The van der Waals surface area contributed by atoms with Crippen LogP contribution in [0.25, 0.3) is 0 Å². The molecule has 2 heterocycles. The predicted molar refractivity (Wildman–Crippen MR) is 93.6 cm³/mol. The molecule has 0 saturated carbocycles. The van der Waals surface area contributed by atoms with Crippen molar-refractivity contribution in [1.82, 2.24) is 4.90 Å². The molecule has 0 bridgehead atoms. The third kappa shape index (κ3) is 4.02. The van der Waals surface area contributed by atoms with E-state index in [2.05, 4.69) is 0 Å². The van der Waals surface area contributed by atoms with Gasteiger partial charge in [-0.05, 0) is 49.6 Å². The Morgan fingerprint density at radius 3 is 2.71 bits per heavy atom. The first kappa shape index (κ1) is 17.1. The third-order valence-corrected chi connectivity index (χ3v) is 5.56. The Balaban J connectivity index is 1.62. The number of amides is 1. The zero-order valence-electron chi connectivity index (χ0n) is 14.0. The molecular weight excluding hydrogens is 325 g/mol. The molecule has 1 amide bonds.